The van der Waals surface area contributed by atoms with Gasteiger partial charge in [-0.15, -0.1) is 0 Å². The van der Waals surface area contributed by atoms with Crippen molar-refractivity contribution in [1.82, 2.24) is 4.98 Å². The van der Waals surface area contributed by atoms with Gasteiger partial charge in [-0.25, -0.2) is 13.8 Å². The molecule has 0 spiro atoms. The third-order valence-corrected chi connectivity index (χ3v) is 4.47. The van der Waals surface area contributed by atoms with Crippen LogP contribution in [0.1, 0.15) is 27.7 Å². The summed E-state index contributed by atoms with van der Waals surface area (Å²) in [5.41, 5.74) is 0.130. The number of nitrogens with one attached hydrogen (secondary N) is 2. The molecule has 1 aromatic rings. The lowest BCUT2D eigenvalue weighted by Gasteiger charge is -2.10. The summed E-state index contributed by atoms with van der Waals surface area (Å²) in [4.78, 5) is 3.93. The summed E-state index contributed by atoms with van der Waals surface area (Å²) < 4.78 is 27.0. The smallest absolute Gasteiger partial charge is 0.168 e. The molecule has 1 fully saturated rings. The normalized spacial score (nSPS) is 20.6. The molecule has 0 aliphatic heterocycles. The van der Waals surface area contributed by atoms with E-state index >= 15 is 0 Å². The molecular weight excluding hydrogens is 236 g/mol. The Morgan fingerprint density at radius 1 is 1.06 bits per heavy atom. The summed E-state index contributed by atoms with van der Waals surface area (Å²) >= 11 is 0. The van der Waals surface area contributed by atoms with E-state index in [0.717, 1.165) is 6.07 Å². The van der Waals surface area contributed by atoms with Gasteiger partial charge in [0.25, 0.3) is 0 Å². The van der Waals surface area contributed by atoms with Gasteiger partial charge in [0.05, 0.1) is 0 Å². The summed E-state index contributed by atoms with van der Waals surface area (Å²) in [6.07, 6.45) is 0. The molecule has 2 rings (SSSR count). The van der Waals surface area contributed by atoms with Crippen LogP contribution in [0, 0.1) is 22.5 Å². The van der Waals surface area contributed by atoms with Crippen molar-refractivity contribution in [2.45, 2.75) is 33.7 Å². The van der Waals surface area contributed by atoms with Crippen LogP contribution in [0.4, 0.5) is 20.4 Å². The van der Waals surface area contributed by atoms with E-state index in [-0.39, 0.29) is 28.5 Å². The minimum atomic E-state index is -0.685. The van der Waals surface area contributed by atoms with Crippen molar-refractivity contribution in [3.63, 3.8) is 0 Å². The van der Waals surface area contributed by atoms with Crippen LogP contribution < -0.4 is 10.6 Å². The van der Waals surface area contributed by atoms with Crippen molar-refractivity contribution in [3.05, 3.63) is 17.7 Å². The van der Waals surface area contributed by atoms with Crippen molar-refractivity contribution < 1.29 is 8.78 Å². The van der Waals surface area contributed by atoms with E-state index in [2.05, 4.69) is 43.3 Å². The molecule has 1 aliphatic rings. The highest BCUT2D eigenvalue weighted by Gasteiger charge is 2.65. The van der Waals surface area contributed by atoms with E-state index < -0.39 is 11.6 Å². The first-order valence-electron chi connectivity index (χ1n) is 6.02. The summed E-state index contributed by atoms with van der Waals surface area (Å²) in [6.45, 7) is 8.46. The molecule has 0 aromatic carbocycles. The molecule has 0 atom stereocenters. The molecule has 100 valence electrons. The highest BCUT2D eigenvalue weighted by atomic mass is 19.1. The third-order valence-electron chi connectivity index (χ3n) is 4.47. The number of nitrogens with zero attached hydrogens (tertiary/aromatic N) is 1. The molecule has 1 saturated carbocycles. The van der Waals surface area contributed by atoms with E-state index in [1.165, 1.54) is 0 Å². The quantitative estimate of drug-likeness (QED) is 0.870. The van der Waals surface area contributed by atoms with Gasteiger partial charge < -0.3 is 10.6 Å². The minimum Gasteiger partial charge on any atom is -0.371 e. The minimum absolute atomic E-state index is 0.0511. The van der Waals surface area contributed by atoms with Crippen LogP contribution in [0.2, 0.25) is 0 Å². The molecule has 0 unspecified atom stereocenters. The van der Waals surface area contributed by atoms with Crippen molar-refractivity contribution in [1.29, 1.82) is 0 Å². The largest absolute Gasteiger partial charge is 0.371 e. The number of anilines is 2. The Kier molecular flexibility index (Phi) is 2.76. The Balaban J connectivity index is 2.26. The fourth-order valence-corrected chi connectivity index (χ4v) is 2.44. The molecule has 3 nitrogen and oxygen atoms in total. The number of rotatable bonds is 3. The lowest BCUT2D eigenvalue weighted by Crippen LogP contribution is -2.14. The number of halogens is 2. The van der Waals surface area contributed by atoms with Crippen LogP contribution in [0.15, 0.2) is 6.07 Å². The third kappa shape index (κ3) is 1.72. The van der Waals surface area contributed by atoms with Gasteiger partial charge in [0, 0.05) is 19.2 Å². The zero-order valence-electron chi connectivity index (χ0n) is 11.4. The van der Waals surface area contributed by atoms with E-state index in [9.17, 15) is 8.78 Å². The zero-order valence-corrected chi connectivity index (χ0v) is 11.4. The summed E-state index contributed by atoms with van der Waals surface area (Å²) in [5.74, 6) is -1.19. The fourth-order valence-electron chi connectivity index (χ4n) is 2.44. The van der Waals surface area contributed by atoms with Gasteiger partial charge in [-0.2, -0.15) is 0 Å². The van der Waals surface area contributed by atoms with Crippen LogP contribution in [0.25, 0.3) is 0 Å². The Labute approximate surface area is 106 Å². The van der Waals surface area contributed by atoms with Gasteiger partial charge in [0.2, 0.25) is 0 Å². The van der Waals surface area contributed by atoms with Crippen molar-refractivity contribution in [3.8, 4) is 0 Å². The van der Waals surface area contributed by atoms with Gasteiger partial charge in [-0.1, -0.05) is 27.7 Å². The maximum atomic E-state index is 13.7. The van der Waals surface area contributed by atoms with Crippen molar-refractivity contribution in [2.75, 3.05) is 17.7 Å². The maximum Gasteiger partial charge on any atom is 0.168 e. The van der Waals surface area contributed by atoms with Gasteiger partial charge in [-0.05, 0) is 10.8 Å². The molecule has 2 N–H and O–H groups in total. The summed E-state index contributed by atoms with van der Waals surface area (Å²) in [5, 5.41) is 5.68. The number of pyridine rings is 1. The number of hydrogen-bond donors (Lipinski definition) is 2. The average molecular weight is 255 g/mol. The molecule has 5 heteroatoms. The second-order valence-corrected chi connectivity index (χ2v) is 5.92. The topological polar surface area (TPSA) is 37.0 Å². The number of hydrogen-bond acceptors (Lipinski definition) is 3. The van der Waals surface area contributed by atoms with Gasteiger partial charge in [0.1, 0.15) is 0 Å². The lowest BCUT2D eigenvalue weighted by molar-refractivity contribution is 0.457. The van der Waals surface area contributed by atoms with E-state index in [1.54, 1.807) is 7.05 Å². The highest BCUT2D eigenvalue weighted by molar-refractivity contribution is 5.50. The Bertz CT molecular complexity index is 469. The van der Waals surface area contributed by atoms with Gasteiger partial charge in [-0.3, -0.25) is 0 Å². The zero-order chi connectivity index (χ0) is 13.7. The summed E-state index contributed by atoms with van der Waals surface area (Å²) in [6, 6.07) is 0.978. The first kappa shape index (κ1) is 13.1. The number of aromatic nitrogens is 1. The van der Waals surface area contributed by atoms with Gasteiger partial charge >= 0.3 is 0 Å². The fraction of sp³-hybridized carbons (Fsp3) is 0.615. The Morgan fingerprint density at radius 2 is 1.56 bits per heavy atom. The van der Waals surface area contributed by atoms with Gasteiger partial charge in [0.15, 0.2) is 23.3 Å². The van der Waals surface area contributed by atoms with E-state index in [1.807, 2.05) is 0 Å². The molecule has 0 saturated heterocycles. The van der Waals surface area contributed by atoms with E-state index in [4.69, 9.17) is 0 Å². The average Bonchev–Trinajstić information content (AvgIpc) is 2.64. The lowest BCUT2D eigenvalue weighted by atomic mass is 10.0. The SMILES string of the molecule is CNc1nc(NC2C(C)(C)C2(C)C)c(F)cc1F. The van der Waals surface area contributed by atoms with Crippen LogP contribution in [-0.4, -0.2) is 18.1 Å². The van der Waals surface area contributed by atoms with Crippen molar-refractivity contribution in [2.24, 2.45) is 10.8 Å². The molecule has 1 heterocycles. The molecule has 1 aliphatic carbocycles. The van der Waals surface area contributed by atoms with Crippen LogP contribution in [-0.2, 0) is 0 Å². The molecule has 18 heavy (non-hydrogen) atoms. The van der Waals surface area contributed by atoms with Crippen molar-refractivity contribution >= 4 is 11.6 Å². The predicted molar refractivity (Wildman–Crippen MR) is 68.7 cm³/mol. The van der Waals surface area contributed by atoms with Crippen LogP contribution in [0.3, 0.4) is 0 Å². The second-order valence-electron chi connectivity index (χ2n) is 5.92. The second kappa shape index (κ2) is 3.80. The molecule has 0 bridgehead atoms. The van der Waals surface area contributed by atoms with Crippen LogP contribution >= 0.6 is 0 Å². The Hall–Kier alpha value is -1.39. The molecule has 1 aromatic heterocycles. The molecular formula is C13H19F2N3. The molecule has 0 amide bonds. The monoisotopic (exact) mass is 255 g/mol. The summed E-state index contributed by atoms with van der Waals surface area (Å²) in [7, 11) is 1.55. The predicted octanol–water partition coefficient (Wildman–Crippen LogP) is 3.25. The maximum absolute atomic E-state index is 13.7. The Morgan fingerprint density at radius 3 is 2.00 bits per heavy atom. The van der Waals surface area contributed by atoms with E-state index in [0.29, 0.717) is 0 Å². The first-order chi connectivity index (χ1) is 8.21. The molecule has 0 radical (unpaired) electrons. The van der Waals surface area contributed by atoms with Crippen LogP contribution in [0.5, 0.6) is 0 Å². The first-order valence-corrected chi connectivity index (χ1v) is 6.02. The highest BCUT2D eigenvalue weighted by Crippen LogP contribution is 2.63. The standard InChI is InChI=1S/C13H19F2N3/c1-12(2)11(13(12,3)4)18-10-8(15)6-7(14)9(16-5)17-10/h6,11H,1-5H3,(H2,16,17,18).